The average molecular weight is 354 g/mol. The maximum absolute atomic E-state index is 5.35. The Balaban J connectivity index is 1.88. The highest BCUT2D eigenvalue weighted by atomic mass is 16.5. The SMILES string of the molecule is CC[C@@H](C)Nc1nc(C(C)C)cc(N2CCc3cc(OC)ccc3C2)n1. The minimum absolute atomic E-state index is 0.361. The van der Waals surface area contributed by atoms with Gasteiger partial charge < -0.3 is 15.0 Å². The summed E-state index contributed by atoms with van der Waals surface area (Å²) in [4.78, 5) is 11.9. The Labute approximate surface area is 156 Å². The molecule has 1 atom stereocenters. The van der Waals surface area contributed by atoms with E-state index >= 15 is 0 Å². The van der Waals surface area contributed by atoms with E-state index < -0.39 is 0 Å². The van der Waals surface area contributed by atoms with Crippen LogP contribution in [0, 0.1) is 0 Å². The maximum atomic E-state index is 5.35. The van der Waals surface area contributed by atoms with Gasteiger partial charge in [0.15, 0.2) is 0 Å². The molecule has 1 aliphatic rings. The van der Waals surface area contributed by atoms with Crippen LogP contribution in [-0.2, 0) is 13.0 Å². The van der Waals surface area contributed by atoms with Crippen LogP contribution in [0.2, 0.25) is 0 Å². The fourth-order valence-corrected chi connectivity index (χ4v) is 3.15. The van der Waals surface area contributed by atoms with E-state index in [1.165, 1.54) is 11.1 Å². The molecule has 0 saturated heterocycles. The molecule has 1 aliphatic heterocycles. The molecule has 2 heterocycles. The minimum Gasteiger partial charge on any atom is -0.497 e. The zero-order valence-electron chi connectivity index (χ0n) is 16.5. The molecule has 0 amide bonds. The van der Waals surface area contributed by atoms with Crippen LogP contribution in [0.15, 0.2) is 24.3 Å². The van der Waals surface area contributed by atoms with Gasteiger partial charge >= 0.3 is 0 Å². The van der Waals surface area contributed by atoms with E-state index in [9.17, 15) is 0 Å². The molecular weight excluding hydrogens is 324 g/mol. The van der Waals surface area contributed by atoms with Gasteiger partial charge in [0, 0.05) is 25.2 Å². The molecule has 140 valence electrons. The third kappa shape index (κ3) is 4.09. The summed E-state index contributed by atoms with van der Waals surface area (Å²) < 4.78 is 5.35. The van der Waals surface area contributed by atoms with Gasteiger partial charge in [-0.05, 0) is 48.9 Å². The monoisotopic (exact) mass is 354 g/mol. The maximum Gasteiger partial charge on any atom is 0.225 e. The van der Waals surface area contributed by atoms with Gasteiger partial charge in [0.1, 0.15) is 11.6 Å². The van der Waals surface area contributed by atoms with Gasteiger partial charge in [-0.3, -0.25) is 0 Å². The standard InChI is InChI=1S/C21H30N4O/c1-6-15(4)22-21-23-19(14(2)3)12-20(24-21)25-10-9-16-11-18(26-5)8-7-17(16)13-25/h7-8,11-12,14-15H,6,9-10,13H2,1-5H3,(H,22,23,24)/t15-/m1/s1. The Morgan fingerprint density at radius 3 is 2.65 bits per heavy atom. The first kappa shape index (κ1) is 18.5. The normalized spacial score (nSPS) is 14.9. The number of nitrogens with one attached hydrogen (secondary N) is 1. The van der Waals surface area contributed by atoms with Crippen LogP contribution < -0.4 is 15.0 Å². The number of aromatic nitrogens is 2. The second-order valence-corrected chi connectivity index (χ2v) is 7.39. The highest BCUT2D eigenvalue weighted by Crippen LogP contribution is 2.28. The lowest BCUT2D eigenvalue weighted by Crippen LogP contribution is -2.31. The number of ether oxygens (including phenoxy) is 1. The molecule has 0 aliphatic carbocycles. The lowest BCUT2D eigenvalue weighted by atomic mass is 9.99. The minimum atomic E-state index is 0.361. The second kappa shape index (κ2) is 7.94. The lowest BCUT2D eigenvalue weighted by molar-refractivity contribution is 0.413. The number of nitrogens with zero attached hydrogens (tertiary/aromatic N) is 3. The molecule has 1 N–H and O–H groups in total. The molecule has 0 spiro atoms. The van der Waals surface area contributed by atoms with Crippen molar-refractivity contribution in [3.05, 3.63) is 41.1 Å². The van der Waals surface area contributed by atoms with Crippen molar-refractivity contribution >= 4 is 11.8 Å². The molecule has 0 radical (unpaired) electrons. The van der Waals surface area contributed by atoms with Crippen molar-refractivity contribution in [2.24, 2.45) is 0 Å². The molecule has 2 aromatic rings. The number of benzene rings is 1. The summed E-state index contributed by atoms with van der Waals surface area (Å²) in [7, 11) is 1.72. The molecule has 26 heavy (non-hydrogen) atoms. The predicted octanol–water partition coefficient (Wildman–Crippen LogP) is 4.38. The Hall–Kier alpha value is -2.30. The van der Waals surface area contributed by atoms with Crippen LogP contribution in [-0.4, -0.2) is 29.7 Å². The molecular formula is C21H30N4O. The van der Waals surface area contributed by atoms with E-state index in [-0.39, 0.29) is 0 Å². The third-order valence-electron chi connectivity index (χ3n) is 5.06. The number of anilines is 2. The number of hydrogen-bond donors (Lipinski definition) is 1. The Bertz CT molecular complexity index is 760. The fourth-order valence-electron chi connectivity index (χ4n) is 3.15. The summed E-state index contributed by atoms with van der Waals surface area (Å²) in [6.45, 7) is 10.5. The Morgan fingerprint density at radius 2 is 1.96 bits per heavy atom. The van der Waals surface area contributed by atoms with Gasteiger partial charge in [-0.15, -0.1) is 0 Å². The highest BCUT2D eigenvalue weighted by molar-refractivity contribution is 5.49. The average Bonchev–Trinajstić information content (AvgIpc) is 2.66. The van der Waals surface area contributed by atoms with Gasteiger partial charge in [0.2, 0.25) is 5.95 Å². The summed E-state index contributed by atoms with van der Waals surface area (Å²) in [5, 5.41) is 3.44. The van der Waals surface area contributed by atoms with Crippen molar-refractivity contribution in [2.45, 2.75) is 59.0 Å². The van der Waals surface area contributed by atoms with Crippen molar-refractivity contribution in [2.75, 3.05) is 23.9 Å². The largest absolute Gasteiger partial charge is 0.497 e. The molecule has 5 heteroatoms. The van der Waals surface area contributed by atoms with Crippen molar-refractivity contribution in [1.82, 2.24) is 9.97 Å². The van der Waals surface area contributed by atoms with E-state index in [4.69, 9.17) is 14.7 Å². The van der Waals surface area contributed by atoms with Gasteiger partial charge in [-0.25, -0.2) is 4.98 Å². The first-order valence-electron chi connectivity index (χ1n) is 9.56. The highest BCUT2D eigenvalue weighted by Gasteiger charge is 2.20. The van der Waals surface area contributed by atoms with E-state index in [0.29, 0.717) is 12.0 Å². The van der Waals surface area contributed by atoms with Crippen LogP contribution in [0.1, 0.15) is 56.9 Å². The van der Waals surface area contributed by atoms with Gasteiger partial charge in [0.05, 0.1) is 12.8 Å². The van der Waals surface area contributed by atoms with Crippen molar-refractivity contribution in [3.63, 3.8) is 0 Å². The van der Waals surface area contributed by atoms with E-state index in [1.54, 1.807) is 7.11 Å². The third-order valence-corrected chi connectivity index (χ3v) is 5.06. The summed E-state index contributed by atoms with van der Waals surface area (Å²) in [5.41, 5.74) is 3.80. The first-order valence-corrected chi connectivity index (χ1v) is 9.56. The fraction of sp³-hybridized carbons (Fsp3) is 0.524. The van der Waals surface area contributed by atoms with Gasteiger partial charge in [-0.1, -0.05) is 26.8 Å². The number of rotatable bonds is 6. The Kier molecular flexibility index (Phi) is 5.64. The van der Waals surface area contributed by atoms with Gasteiger partial charge in [0.25, 0.3) is 0 Å². The molecule has 0 saturated carbocycles. The summed E-state index contributed by atoms with van der Waals surface area (Å²) in [5.74, 6) is 3.05. The number of hydrogen-bond acceptors (Lipinski definition) is 5. The molecule has 5 nitrogen and oxygen atoms in total. The van der Waals surface area contributed by atoms with Gasteiger partial charge in [-0.2, -0.15) is 4.98 Å². The van der Waals surface area contributed by atoms with E-state index in [0.717, 1.165) is 49.1 Å². The Morgan fingerprint density at radius 1 is 1.15 bits per heavy atom. The van der Waals surface area contributed by atoms with Crippen molar-refractivity contribution in [3.8, 4) is 5.75 Å². The zero-order valence-corrected chi connectivity index (χ0v) is 16.5. The number of methoxy groups -OCH3 is 1. The van der Waals surface area contributed by atoms with E-state index in [1.807, 2.05) is 6.07 Å². The van der Waals surface area contributed by atoms with Crippen LogP contribution in [0.4, 0.5) is 11.8 Å². The summed E-state index contributed by atoms with van der Waals surface area (Å²) in [6.07, 6.45) is 2.05. The molecule has 0 unspecified atom stereocenters. The predicted molar refractivity (Wildman–Crippen MR) is 107 cm³/mol. The zero-order chi connectivity index (χ0) is 18.7. The molecule has 3 rings (SSSR count). The molecule has 0 bridgehead atoms. The first-order chi connectivity index (χ1) is 12.5. The lowest BCUT2D eigenvalue weighted by Gasteiger charge is -2.30. The quantitative estimate of drug-likeness (QED) is 0.834. The number of fused-ring (bicyclic) bond motifs is 1. The van der Waals surface area contributed by atoms with Crippen LogP contribution in [0.3, 0.4) is 0 Å². The topological polar surface area (TPSA) is 50.3 Å². The molecule has 1 aromatic carbocycles. The molecule has 1 aromatic heterocycles. The summed E-state index contributed by atoms with van der Waals surface area (Å²) in [6, 6.07) is 8.86. The van der Waals surface area contributed by atoms with Crippen molar-refractivity contribution in [1.29, 1.82) is 0 Å². The van der Waals surface area contributed by atoms with Crippen LogP contribution in [0.25, 0.3) is 0 Å². The van der Waals surface area contributed by atoms with Crippen LogP contribution in [0.5, 0.6) is 5.75 Å². The van der Waals surface area contributed by atoms with E-state index in [2.05, 4.69) is 56.1 Å². The smallest absolute Gasteiger partial charge is 0.225 e. The second-order valence-electron chi connectivity index (χ2n) is 7.39. The van der Waals surface area contributed by atoms with Crippen LogP contribution >= 0.6 is 0 Å². The van der Waals surface area contributed by atoms with Crippen molar-refractivity contribution < 1.29 is 4.74 Å². The molecule has 0 fully saturated rings. The summed E-state index contributed by atoms with van der Waals surface area (Å²) >= 11 is 0.